The third-order valence-corrected chi connectivity index (χ3v) is 4.48. The summed E-state index contributed by atoms with van der Waals surface area (Å²) < 4.78 is 15.1. The Labute approximate surface area is 133 Å². The van der Waals surface area contributed by atoms with Crippen LogP contribution in [0.5, 0.6) is 0 Å². The average molecular weight is 311 g/mol. The zero-order valence-corrected chi connectivity index (χ0v) is 13.0. The van der Waals surface area contributed by atoms with Gasteiger partial charge in [-0.15, -0.1) is 0 Å². The van der Waals surface area contributed by atoms with Gasteiger partial charge >= 0.3 is 0 Å². The van der Waals surface area contributed by atoms with E-state index in [9.17, 15) is 4.39 Å². The van der Waals surface area contributed by atoms with Crippen molar-refractivity contribution in [3.05, 3.63) is 42.6 Å². The Morgan fingerprint density at radius 1 is 1.17 bits per heavy atom. The maximum atomic E-state index is 13.5. The zero-order valence-electron chi connectivity index (χ0n) is 13.0. The molecule has 2 aromatic heterocycles. The van der Waals surface area contributed by atoms with Crippen LogP contribution in [0.2, 0.25) is 0 Å². The van der Waals surface area contributed by atoms with Gasteiger partial charge in [-0.1, -0.05) is 13.0 Å². The number of piperidine rings is 1. The fraction of sp³-hybridized carbons (Fsp3) is 0.353. The van der Waals surface area contributed by atoms with Gasteiger partial charge in [0, 0.05) is 13.1 Å². The van der Waals surface area contributed by atoms with Crippen LogP contribution in [0, 0.1) is 11.7 Å². The highest BCUT2D eigenvalue weighted by Gasteiger charge is 2.20. The van der Waals surface area contributed by atoms with Crippen LogP contribution in [0.3, 0.4) is 0 Å². The Morgan fingerprint density at radius 3 is 2.78 bits per heavy atom. The average Bonchev–Trinajstić information content (AvgIpc) is 3.00. The Balaban J connectivity index is 1.78. The van der Waals surface area contributed by atoms with Crippen molar-refractivity contribution in [3.63, 3.8) is 0 Å². The summed E-state index contributed by atoms with van der Waals surface area (Å²) in [4.78, 5) is 11.1. The number of halogens is 1. The third-order valence-electron chi connectivity index (χ3n) is 4.48. The van der Waals surface area contributed by atoms with Crippen LogP contribution in [0.4, 0.5) is 10.2 Å². The normalized spacial score (nSPS) is 16.2. The summed E-state index contributed by atoms with van der Waals surface area (Å²) in [5.41, 5.74) is 1.37. The molecule has 3 heterocycles. The minimum absolute atomic E-state index is 0.287. The van der Waals surface area contributed by atoms with Crippen molar-refractivity contribution in [2.75, 3.05) is 18.0 Å². The SMILES string of the molecule is CC1CCN(c2ncnc3c2cnn3-c2cccc(F)c2)CC1. The first kappa shape index (κ1) is 14.1. The highest BCUT2D eigenvalue weighted by Crippen LogP contribution is 2.28. The summed E-state index contributed by atoms with van der Waals surface area (Å²) in [6.07, 6.45) is 5.67. The largest absolute Gasteiger partial charge is 0.356 e. The molecule has 0 saturated carbocycles. The van der Waals surface area contributed by atoms with Crippen LogP contribution < -0.4 is 4.90 Å². The molecule has 0 bridgehead atoms. The van der Waals surface area contributed by atoms with E-state index in [1.54, 1.807) is 23.3 Å². The van der Waals surface area contributed by atoms with Crippen molar-refractivity contribution in [2.45, 2.75) is 19.8 Å². The molecule has 5 nitrogen and oxygen atoms in total. The monoisotopic (exact) mass is 311 g/mol. The minimum Gasteiger partial charge on any atom is -0.356 e. The maximum Gasteiger partial charge on any atom is 0.168 e. The molecule has 3 aromatic rings. The molecule has 0 spiro atoms. The quantitative estimate of drug-likeness (QED) is 0.729. The molecule has 6 heteroatoms. The molecule has 23 heavy (non-hydrogen) atoms. The van der Waals surface area contributed by atoms with Gasteiger partial charge in [-0.3, -0.25) is 0 Å². The number of benzene rings is 1. The molecule has 1 saturated heterocycles. The maximum absolute atomic E-state index is 13.5. The zero-order chi connectivity index (χ0) is 15.8. The molecular formula is C17H18FN5. The molecule has 1 fully saturated rings. The van der Waals surface area contributed by atoms with Gasteiger partial charge in [0.25, 0.3) is 0 Å². The highest BCUT2D eigenvalue weighted by atomic mass is 19.1. The van der Waals surface area contributed by atoms with Gasteiger partial charge in [0.15, 0.2) is 5.65 Å². The lowest BCUT2D eigenvalue weighted by atomic mass is 9.99. The summed E-state index contributed by atoms with van der Waals surface area (Å²) in [5, 5.41) is 5.31. The van der Waals surface area contributed by atoms with Gasteiger partial charge in [0.1, 0.15) is 18.0 Å². The molecule has 1 aliphatic rings. The van der Waals surface area contributed by atoms with Gasteiger partial charge in [-0.2, -0.15) is 5.10 Å². The number of anilines is 1. The van der Waals surface area contributed by atoms with Crippen LogP contribution in [-0.4, -0.2) is 32.8 Å². The Hall–Kier alpha value is -2.50. The van der Waals surface area contributed by atoms with E-state index in [0.717, 1.165) is 30.2 Å². The Morgan fingerprint density at radius 2 is 2.00 bits per heavy atom. The van der Waals surface area contributed by atoms with E-state index in [2.05, 4.69) is 26.9 Å². The first-order valence-corrected chi connectivity index (χ1v) is 7.92. The lowest BCUT2D eigenvalue weighted by molar-refractivity contribution is 0.437. The lowest BCUT2D eigenvalue weighted by Crippen LogP contribution is -2.33. The van der Waals surface area contributed by atoms with Gasteiger partial charge in [0.05, 0.1) is 17.3 Å². The number of nitrogens with zero attached hydrogens (tertiary/aromatic N) is 5. The van der Waals surface area contributed by atoms with Crippen molar-refractivity contribution < 1.29 is 4.39 Å². The summed E-state index contributed by atoms with van der Waals surface area (Å²) >= 11 is 0. The van der Waals surface area contributed by atoms with E-state index in [1.807, 2.05) is 6.07 Å². The van der Waals surface area contributed by atoms with Gasteiger partial charge in [0.2, 0.25) is 0 Å². The molecule has 118 valence electrons. The molecule has 0 aliphatic carbocycles. The molecule has 0 N–H and O–H groups in total. The minimum atomic E-state index is -0.287. The van der Waals surface area contributed by atoms with Crippen LogP contribution >= 0.6 is 0 Å². The summed E-state index contributed by atoms with van der Waals surface area (Å²) in [5.74, 6) is 1.40. The molecule has 0 atom stereocenters. The number of fused-ring (bicyclic) bond motifs is 1. The third kappa shape index (κ3) is 2.54. The topological polar surface area (TPSA) is 46.8 Å². The van der Waals surface area contributed by atoms with Crippen molar-refractivity contribution in [1.82, 2.24) is 19.7 Å². The summed E-state index contributed by atoms with van der Waals surface area (Å²) in [6.45, 7) is 4.28. The van der Waals surface area contributed by atoms with Crippen molar-refractivity contribution in [1.29, 1.82) is 0 Å². The van der Waals surface area contributed by atoms with Crippen molar-refractivity contribution >= 4 is 16.9 Å². The van der Waals surface area contributed by atoms with Gasteiger partial charge in [-0.25, -0.2) is 19.0 Å². The standard InChI is InChI=1S/C17H18FN5/c1-12-5-7-22(8-6-12)16-15-10-21-23(17(15)20-11-19-16)14-4-2-3-13(18)9-14/h2-4,9-12H,5-8H2,1H3. The van der Waals surface area contributed by atoms with Crippen LogP contribution in [0.15, 0.2) is 36.8 Å². The van der Waals surface area contributed by atoms with Crippen LogP contribution in [0.1, 0.15) is 19.8 Å². The Kier molecular flexibility index (Phi) is 3.44. The first-order chi connectivity index (χ1) is 11.2. The van der Waals surface area contributed by atoms with E-state index < -0.39 is 0 Å². The van der Waals surface area contributed by atoms with E-state index in [-0.39, 0.29) is 5.82 Å². The molecule has 4 rings (SSSR count). The number of hydrogen-bond donors (Lipinski definition) is 0. The molecule has 1 aromatic carbocycles. The summed E-state index contributed by atoms with van der Waals surface area (Å²) in [7, 11) is 0. The van der Waals surface area contributed by atoms with Crippen LogP contribution in [-0.2, 0) is 0 Å². The second kappa shape index (κ2) is 5.61. The van der Waals surface area contributed by atoms with Gasteiger partial charge < -0.3 is 4.90 Å². The summed E-state index contributed by atoms with van der Waals surface area (Å²) in [6, 6.07) is 6.37. The molecule has 0 radical (unpaired) electrons. The number of hydrogen-bond acceptors (Lipinski definition) is 4. The molecule has 1 aliphatic heterocycles. The Bertz CT molecular complexity index is 836. The van der Waals surface area contributed by atoms with Crippen molar-refractivity contribution in [2.24, 2.45) is 5.92 Å². The molecule has 0 unspecified atom stereocenters. The van der Waals surface area contributed by atoms with Gasteiger partial charge in [-0.05, 0) is 37.0 Å². The number of rotatable bonds is 2. The van der Waals surface area contributed by atoms with E-state index in [4.69, 9.17) is 0 Å². The smallest absolute Gasteiger partial charge is 0.168 e. The van der Waals surface area contributed by atoms with Crippen molar-refractivity contribution in [3.8, 4) is 5.69 Å². The second-order valence-corrected chi connectivity index (χ2v) is 6.14. The fourth-order valence-electron chi connectivity index (χ4n) is 3.10. The van der Waals surface area contributed by atoms with E-state index in [1.165, 1.54) is 25.0 Å². The number of aromatic nitrogens is 4. The highest BCUT2D eigenvalue weighted by molar-refractivity contribution is 5.87. The predicted molar refractivity (Wildman–Crippen MR) is 87.2 cm³/mol. The van der Waals surface area contributed by atoms with Crippen LogP contribution in [0.25, 0.3) is 16.7 Å². The first-order valence-electron chi connectivity index (χ1n) is 7.92. The fourth-order valence-corrected chi connectivity index (χ4v) is 3.10. The van der Waals surface area contributed by atoms with E-state index in [0.29, 0.717) is 11.3 Å². The second-order valence-electron chi connectivity index (χ2n) is 6.14. The molecule has 0 amide bonds. The molecular weight excluding hydrogens is 293 g/mol. The predicted octanol–water partition coefficient (Wildman–Crippen LogP) is 3.19. The van der Waals surface area contributed by atoms with E-state index >= 15 is 0 Å². The lowest BCUT2D eigenvalue weighted by Gasteiger charge is -2.31.